The van der Waals surface area contributed by atoms with Gasteiger partial charge in [0.15, 0.2) is 5.11 Å². The maximum atomic E-state index is 12.7. The van der Waals surface area contributed by atoms with Crippen LogP contribution in [-0.4, -0.2) is 5.11 Å². The van der Waals surface area contributed by atoms with E-state index in [0.29, 0.717) is 17.3 Å². The Bertz CT molecular complexity index is 552. The van der Waals surface area contributed by atoms with Crippen LogP contribution in [0.5, 0.6) is 0 Å². The largest absolute Gasteiger partial charge is 0.399 e. The van der Waals surface area contributed by atoms with E-state index in [0.717, 1.165) is 11.3 Å². The minimum absolute atomic E-state index is 0.244. The molecule has 0 aliphatic rings. The molecule has 0 aliphatic carbocycles. The second-order valence-electron chi connectivity index (χ2n) is 4.06. The van der Waals surface area contributed by atoms with Crippen LogP contribution in [0.25, 0.3) is 0 Å². The summed E-state index contributed by atoms with van der Waals surface area (Å²) < 4.78 is 12.7. The van der Waals surface area contributed by atoms with E-state index in [1.54, 1.807) is 24.3 Å². The fourth-order valence-electron chi connectivity index (χ4n) is 1.53. The van der Waals surface area contributed by atoms with E-state index in [2.05, 4.69) is 10.6 Å². The van der Waals surface area contributed by atoms with Crippen LogP contribution in [0.1, 0.15) is 5.56 Å². The quantitative estimate of drug-likeness (QED) is 0.595. The Labute approximate surface area is 116 Å². The van der Waals surface area contributed by atoms with Gasteiger partial charge in [-0.15, -0.1) is 0 Å². The summed E-state index contributed by atoms with van der Waals surface area (Å²) in [5, 5.41) is 6.60. The van der Waals surface area contributed by atoms with Gasteiger partial charge in [-0.25, -0.2) is 4.39 Å². The number of anilines is 2. The van der Waals surface area contributed by atoms with E-state index in [9.17, 15) is 4.39 Å². The maximum absolute atomic E-state index is 12.7. The predicted octanol–water partition coefficient (Wildman–Crippen LogP) is 2.89. The Morgan fingerprint density at radius 2 is 1.68 bits per heavy atom. The molecule has 0 atom stereocenters. The monoisotopic (exact) mass is 275 g/mol. The second kappa shape index (κ2) is 6.15. The molecule has 0 saturated carbocycles. The highest BCUT2D eigenvalue weighted by molar-refractivity contribution is 7.80. The van der Waals surface area contributed by atoms with E-state index >= 15 is 0 Å². The maximum Gasteiger partial charge on any atom is 0.171 e. The molecule has 2 aromatic carbocycles. The van der Waals surface area contributed by atoms with E-state index in [4.69, 9.17) is 18.0 Å². The molecular weight excluding hydrogens is 261 g/mol. The SMILES string of the molecule is Nc1ccc(NC(=S)NCc2ccc(F)cc2)cc1. The number of nitrogen functional groups attached to an aromatic ring is 1. The average Bonchev–Trinajstić information content (AvgIpc) is 2.41. The lowest BCUT2D eigenvalue weighted by molar-refractivity contribution is 0.627. The number of nitrogens with one attached hydrogen (secondary N) is 2. The summed E-state index contributed by atoms with van der Waals surface area (Å²) in [7, 11) is 0. The van der Waals surface area contributed by atoms with Crippen molar-refractivity contribution in [3.8, 4) is 0 Å². The lowest BCUT2D eigenvalue weighted by Crippen LogP contribution is -2.27. The number of halogens is 1. The summed E-state index contributed by atoms with van der Waals surface area (Å²) in [5.74, 6) is -0.244. The summed E-state index contributed by atoms with van der Waals surface area (Å²) in [6.45, 7) is 0.543. The van der Waals surface area contributed by atoms with Crippen molar-refractivity contribution in [3.05, 3.63) is 59.9 Å². The Balaban J connectivity index is 1.84. The van der Waals surface area contributed by atoms with Crippen LogP contribution >= 0.6 is 12.2 Å². The molecule has 0 amide bonds. The summed E-state index contributed by atoms with van der Waals surface area (Å²) in [6.07, 6.45) is 0. The van der Waals surface area contributed by atoms with Gasteiger partial charge in [0.2, 0.25) is 0 Å². The predicted molar refractivity (Wildman–Crippen MR) is 80.3 cm³/mol. The second-order valence-corrected chi connectivity index (χ2v) is 4.46. The molecular formula is C14H14FN3S. The van der Waals surface area contributed by atoms with Crippen LogP contribution in [0.4, 0.5) is 15.8 Å². The minimum Gasteiger partial charge on any atom is -0.399 e. The Morgan fingerprint density at radius 3 is 2.32 bits per heavy atom. The van der Waals surface area contributed by atoms with Gasteiger partial charge in [0.05, 0.1) is 0 Å². The van der Waals surface area contributed by atoms with Crippen molar-refractivity contribution in [1.82, 2.24) is 5.32 Å². The smallest absolute Gasteiger partial charge is 0.171 e. The fraction of sp³-hybridized carbons (Fsp3) is 0.0714. The molecule has 2 rings (SSSR count). The Morgan fingerprint density at radius 1 is 1.05 bits per heavy atom. The van der Waals surface area contributed by atoms with Gasteiger partial charge < -0.3 is 16.4 Å². The molecule has 2 aromatic rings. The zero-order chi connectivity index (χ0) is 13.7. The number of thiocarbonyl (C=S) groups is 1. The van der Waals surface area contributed by atoms with Crippen molar-refractivity contribution < 1.29 is 4.39 Å². The summed E-state index contributed by atoms with van der Waals surface area (Å²) in [5.41, 5.74) is 8.13. The highest BCUT2D eigenvalue weighted by atomic mass is 32.1. The van der Waals surface area contributed by atoms with E-state index in [1.807, 2.05) is 12.1 Å². The lowest BCUT2D eigenvalue weighted by Gasteiger charge is -2.10. The van der Waals surface area contributed by atoms with Crippen molar-refractivity contribution in [2.75, 3.05) is 11.1 Å². The van der Waals surface area contributed by atoms with Gasteiger partial charge in [-0.1, -0.05) is 12.1 Å². The topological polar surface area (TPSA) is 50.1 Å². The summed E-state index contributed by atoms with van der Waals surface area (Å²) >= 11 is 5.17. The van der Waals surface area contributed by atoms with Crippen molar-refractivity contribution in [2.45, 2.75) is 6.54 Å². The first kappa shape index (κ1) is 13.3. The third-order valence-corrected chi connectivity index (χ3v) is 2.78. The fourth-order valence-corrected chi connectivity index (χ4v) is 1.72. The molecule has 0 saturated heterocycles. The molecule has 0 fully saturated rings. The van der Waals surface area contributed by atoms with Gasteiger partial charge in [-0.3, -0.25) is 0 Å². The summed E-state index contributed by atoms with van der Waals surface area (Å²) in [4.78, 5) is 0. The highest BCUT2D eigenvalue weighted by Crippen LogP contribution is 2.10. The van der Waals surface area contributed by atoms with Crippen LogP contribution < -0.4 is 16.4 Å². The van der Waals surface area contributed by atoms with Gasteiger partial charge in [0.25, 0.3) is 0 Å². The third-order valence-electron chi connectivity index (χ3n) is 2.53. The van der Waals surface area contributed by atoms with Crippen molar-refractivity contribution >= 4 is 28.7 Å². The first-order valence-corrected chi connectivity index (χ1v) is 6.19. The Kier molecular flexibility index (Phi) is 4.30. The van der Waals surface area contributed by atoms with Gasteiger partial charge in [-0.05, 0) is 54.2 Å². The normalized spacial score (nSPS) is 9.95. The molecule has 0 heterocycles. The standard InChI is InChI=1S/C14H14FN3S/c15-11-3-1-10(2-4-11)9-17-14(19)18-13-7-5-12(16)6-8-13/h1-8H,9,16H2,(H2,17,18,19). The van der Waals surface area contributed by atoms with E-state index in [1.165, 1.54) is 12.1 Å². The molecule has 0 spiro atoms. The van der Waals surface area contributed by atoms with Gasteiger partial charge in [0.1, 0.15) is 5.82 Å². The molecule has 0 aliphatic heterocycles. The van der Waals surface area contributed by atoms with Crippen LogP contribution in [0, 0.1) is 5.82 Å². The zero-order valence-electron chi connectivity index (χ0n) is 10.2. The van der Waals surface area contributed by atoms with Gasteiger partial charge >= 0.3 is 0 Å². The number of rotatable bonds is 3. The molecule has 3 nitrogen and oxygen atoms in total. The number of benzene rings is 2. The van der Waals surface area contributed by atoms with Crippen molar-refractivity contribution in [3.63, 3.8) is 0 Å². The first-order valence-electron chi connectivity index (χ1n) is 5.78. The first-order chi connectivity index (χ1) is 9.13. The van der Waals surface area contributed by atoms with E-state index < -0.39 is 0 Å². The van der Waals surface area contributed by atoms with Crippen molar-refractivity contribution in [2.24, 2.45) is 0 Å². The zero-order valence-corrected chi connectivity index (χ0v) is 11.0. The van der Waals surface area contributed by atoms with Crippen LogP contribution in [-0.2, 0) is 6.54 Å². The lowest BCUT2D eigenvalue weighted by atomic mass is 10.2. The van der Waals surface area contributed by atoms with Gasteiger partial charge in [0, 0.05) is 17.9 Å². The molecule has 0 unspecified atom stereocenters. The highest BCUT2D eigenvalue weighted by Gasteiger charge is 1.98. The van der Waals surface area contributed by atoms with Crippen LogP contribution in [0.15, 0.2) is 48.5 Å². The average molecular weight is 275 g/mol. The molecule has 4 N–H and O–H groups in total. The minimum atomic E-state index is -0.244. The van der Waals surface area contributed by atoms with Crippen molar-refractivity contribution in [1.29, 1.82) is 0 Å². The van der Waals surface area contributed by atoms with E-state index in [-0.39, 0.29) is 5.82 Å². The number of nitrogens with two attached hydrogens (primary N) is 1. The number of hydrogen-bond donors (Lipinski definition) is 3. The number of hydrogen-bond acceptors (Lipinski definition) is 2. The molecule has 0 aromatic heterocycles. The molecule has 19 heavy (non-hydrogen) atoms. The Hall–Kier alpha value is -2.14. The molecule has 0 radical (unpaired) electrons. The molecule has 5 heteroatoms. The molecule has 0 bridgehead atoms. The third kappa shape index (κ3) is 4.22. The summed E-state index contributed by atoms with van der Waals surface area (Å²) in [6, 6.07) is 13.6. The molecule has 98 valence electrons. The van der Waals surface area contributed by atoms with Gasteiger partial charge in [-0.2, -0.15) is 0 Å². The van der Waals surface area contributed by atoms with Crippen LogP contribution in [0.3, 0.4) is 0 Å². The van der Waals surface area contributed by atoms with Crippen LogP contribution in [0.2, 0.25) is 0 Å².